The van der Waals surface area contributed by atoms with Crippen molar-refractivity contribution < 1.29 is 13.2 Å². The average Bonchev–Trinajstić information content (AvgIpc) is 2.05. The van der Waals surface area contributed by atoms with Crippen LogP contribution in [0, 0.1) is 6.92 Å². The molecule has 0 unspecified atom stereocenters. The maximum absolute atomic E-state index is 11.0. The van der Waals surface area contributed by atoms with Gasteiger partial charge in [0.25, 0.3) is 5.24 Å². The summed E-state index contributed by atoms with van der Waals surface area (Å²) in [7, 11) is -3.41. The highest BCUT2D eigenvalue weighted by atomic mass is 35.5. The first-order chi connectivity index (χ1) is 6.79. The molecule has 1 aromatic rings. The minimum absolute atomic E-state index is 0.155. The number of nitrogens with one attached hydrogen (secondary N) is 1. The maximum Gasteiger partial charge on any atom is 0.254 e. The molecule has 0 fully saturated rings. The first-order valence-corrected chi connectivity index (χ1v) is 6.35. The third-order valence-corrected chi connectivity index (χ3v) is 2.48. The van der Waals surface area contributed by atoms with Gasteiger partial charge in [0.2, 0.25) is 10.0 Å². The van der Waals surface area contributed by atoms with Gasteiger partial charge in [-0.2, -0.15) is 0 Å². The summed E-state index contributed by atoms with van der Waals surface area (Å²) in [6.07, 6.45) is 1.01. The third-order valence-electron chi connectivity index (χ3n) is 1.68. The molecule has 0 aromatic heterocycles. The van der Waals surface area contributed by atoms with E-state index in [-0.39, 0.29) is 11.3 Å². The second kappa shape index (κ2) is 4.20. The molecule has 82 valence electrons. The highest BCUT2D eigenvalue weighted by molar-refractivity contribution is 7.92. The summed E-state index contributed by atoms with van der Waals surface area (Å²) < 4.78 is 24.2. The van der Waals surface area contributed by atoms with Crippen LogP contribution in [0.1, 0.15) is 15.9 Å². The van der Waals surface area contributed by atoms with Crippen LogP contribution in [0.25, 0.3) is 0 Å². The SMILES string of the molecule is Cc1ccc(NS(C)(=O)=O)c(C(=O)Cl)c1. The largest absolute Gasteiger partial charge is 0.283 e. The van der Waals surface area contributed by atoms with Gasteiger partial charge in [-0.05, 0) is 30.7 Å². The van der Waals surface area contributed by atoms with Crippen LogP contribution in [0.4, 0.5) is 5.69 Å². The van der Waals surface area contributed by atoms with Crippen molar-refractivity contribution >= 4 is 32.6 Å². The third kappa shape index (κ3) is 3.53. The number of aryl methyl sites for hydroxylation is 1. The van der Waals surface area contributed by atoms with E-state index in [2.05, 4.69) is 4.72 Å². The van der Waals surface area contributed by atoms with E-state index in [0.717, 1.165) is 11.8 Å². The van der Waals surface area contributed by atoms with Gasteiger partial charge >= 0.3 is 0 Å². The monoisotopic (exact) mass is 247 g/mol. The Bertz CT molecular complexity index is 496. The van der Waals surface area contributed by atoms with Crippen LogP contribution in [0.2, 0.25) is 0 Å². The molecular weight excluding hydrogens is 238 g/mol. The second-order valence-corrected chi connectivity index (χ2v) is 5.29. The van der Waals surface area contributed by atoms with Crippen LogP contribution in [0.3, 0.4) is 0 Å². The Morgan fingerprint density at radius 3 is 2.47 bits per heavy atom. The zero-order valence-corrected chi connectivity index (χ0v) is 9.82. The van der Waals surface area contributed by atoms with Crippen molar-refractivity contribution in [3.05, 3.63) is 29.3 Å². The molecular formula is C9H10ClNO3S. The second-order valence-electron chi connectivity index (χ2n) is 3.20. The lowest BCUT2D eigenvalue weighted by Gasteiger charge is -2.08. The molecule has 0 aliphatic rings. The maximum atomic E-state index is 11.0. The summed E-state index contributed by atoms with van der Waals surface area (Å²) >= 11 is 5.34. The molecule has 0 saturated carbocycles. The summed E-state index contributed by atoms with van der Waals surface area (Å²) in [5.41, 5.74) is 1.18. The van der Waals surface area contributed by atoms with Crippen molar-refractivity contribution in [1.29, 1.82) is 0 Å². The van der Waals surface area contributed by atoms with Crippen LogP contribution in [-0.2, 0) is 10.0 Å². The van der Waals surface area contributed by atoms with Crippen LogP contribution >= 0.6 is 11.6 Å². The Morgan fingerprint density at radius 1 is 1.40 bits per heavy atom. The molecule has 0 aliphatic carbocycles. The Balaban J connectivity index is 3.24. The molecule has 0 radical (unpaired) electrons. The summed E-state index contributed by atoms with van der Waals surface area (Å²) in [5, 5.41) is -0.690. The summed E-state index contributed by atoms with van der Waals surface area (Å²) in [6, 6.07) is 4.73. The minimum Gasteiger partial charge on any atom is -0.283 e. The quantitative estimate of drug-likeness (QED) is 0.828. The number of rotatable bonds is 3. The van der Waals surface area contributed by atoms with Crippen molar-refractivity contribution in [3.63, 3.8) is 0 Å². The first-order valence-electron chi connectivity index (χ1n) is 4.08. The van der Waals surface area contributed by atoms with Crippen molar-refractivity contribution in [2.75, 3.05) is 11.0 Å². The number of sulfonamides is 1. The standard InChI is InChI=1S/C9H10ClNO3S/c1-6-3-4-8(11-15(2,13)14)7(5-6)9(10)12/h3-5,11H,1-2H3. The van der Waals surface area contributed by atoms with Gasteiger partial charge in [0.1, 0.15) is 0 Å². The molecule has 15 heavy (non-hydrogen) atoms. The number of hydrogen-bond acceptors (Lipinski definition) is 3. The Labute approximate surface area is 93.3 Å². The molecule has 0 saturated heterocycles. The van der Waals surface area contributed by atoms with Gasteiger partial charge in [0, 0.05) is 0 Å². The predicted molar refractivity (Wildman–Crippen MR) is 59.8 cm³/mol. The fourth-order valence-electron chi connectivity index (χ4n) is 1.11. The zero-order chi connectivity index (χ0) is 11.6. The highest BCUT2D eigenvalue weighted by Crippen LogP contribution is 2.20. The van der Waals surface area contributed by atoms with E-state index in [0.29, 0.717) is 0 Å². The smallest absolute Gasteiger partial charge is 0.254 e. The van der Waals surface area contributed by atoms with Gasteiger partial charge < -0.3 is 0 Å². The van der Waals surface area contributed by atoms with E-state index in [9.17, 15) is 13.2 Å². The van der Waals surface area contributed by atoms with Gasteiger partial charge in [-0.15, -0.1) is 0 Å². The Hall–Kier alpha value is -1.07. The number of hydrogen-bond donors (Lipinski definition) is 1. The number of halogens is 1. The van der Waals surface area contributed by atoms with Gasteiger partial charge in [-0.1, -0.05) is 11.6 Å². The zero-order valence-electron chi connectivity index (χ0n) is 8.24. The first kappa shape index (κ1) is 12.0. The molecule has 0 amide bonds. The van der Waals surface area contributed by atoms with E-state index >= 15 is 0 Å². The minimum atomic E-state index is -3.41. The average molecular weight is 248 g/mol. The molecule has 0 heterocycles. The van der Waals surface area contributed by atoms with Crippen LogP contribution in [0.5, 0.6) is 0 Å². The lowest BCUT2D eigenvalue weighted by atomic mass is 10.1. The fourth-order valence-corrected chi connectivity index (χ4v) is 1.84. The molecule has 0 aliphatic heterocycles. The van der Waals surface area contributed by atoms with Gasteiger partial charge in [0.05, 0.1) is 17.5 Å². The van der Waals surface area contributed by atoms with Crippen molar-refractivity contribution in [2.45, 2.75) is 6.92 Å². The number of benzene rings is 1. The number of anilines is 1. The van der Waals surface area contributed by atoms with E-state index in [1.54, 1.807) is 13.0 Å². The number of carbonyl (C=O) groups excluding carboxylic acids is 1. The lowest BCUT2D eigenvalue weighted by Crippen LogP contribution is -2.12. The molecule has 6 heteroatoms. The topological polar surface area (TPSA) is 63.2 Å². The van der Waals surface area contributed by atoms with Crippen molar-refractivity contribution in [2.24, 2.45) is 0 Å². The fraction of sp³-hybridized carbons (Fsp3) is 0.222. The predicted octanol–water partition coefficient (Wildman–Crippen LogP) is 1.75. The van der Waals surface area contributed by atoms with Gasteiger partial charge in [-0.3, -0.25) is 9.52 Å². The Morgan fingerprint density at radius 2 is 2.00 bits per heavy atom. The highest BCUT2D eigenvalue weighted by Gasteiger charge is 2.12. The molecule has 1 rings (SSSR count). The molecule has 1 N–H and O–H groups in total. The van der Waals surface area contributed by atoms with Crippen molar-refractivity contribution in [3.8, 4) is 0 Å². The molecule has 0 spiro atoms. The van der Waals surface area contributed by atoms with Crippen LogP contribution < -0.4 is 4.72 Å². The summed E-state index contributed by atoms with van der Waals surface area (Å²) in [6.45, 7) is 1.79. The van der Waals surface area contributed by atoms with Crippen LogP contribution in [0.15, 0.2) is 18.2 Å². The van der Waals surface area contributed by atoms with E-state index < -0.39 is 15.3 Å². The summed E-state index contributed by atoms with van der Waals surface area (Å²) in [4.78, 5) is 11.0. The van der Waals surface area contributed by atoms with Crippen LogP contribution in [-0.4, -0.2) is 19.9 Å². The van der Waals surface area contributed by atoms with E-state index in [1.165, 1.54) is 12.1 Å². The van der Waals surface area contributed by atoms with E-state index in [4.69, 9.17) is 11.6 Å². The molecule has 0 atom stereocenters. The molecule has 0 bridgehead atoms. The van der Waals surface area contributed by atoms with Gasteiger partial charge in [-0.25, -0.2) is 8.42 Å². The molecule has 1 aromatic carbocycles. The molecule has 4 nitrogen and oxygen atoms in total. The normalized spacial score (nSPS) is 11.1. The van der Waals surface area contributed by atoms with Gasteiger partial charge in [0.15, 0.2) is 0 Å². The number of carbonyl (C=O) groups is 1. The van der Waals surface area contributed by atoms with E-state index in [1.807, 2.05) is 0 Å². The summed E-state index contributed by atoms with van der Waals surface area (Å²) in [5.74, 6) is 0. The van der Waals surface area contributed by atoms with Crippen molar-refractivity contribution in [1.82, 2.24) is 0 Å². The lowest BCUT2D eigenvalue weighted by molar-refractivity contribution is 0.108. The Kier molecular flexibility index (Phi) is 3.36.